The van der Waals surface area contributed by atoms with Gasteiger partial charge in [-0.3, -0.25) is 9.59 Å². The fourth-order valence-electron chi connectivity index (χ4n) is 2.45. The second kappa shape index (κ2) is 12.1. The summed E-state index contributed by atoms with van der Waals surface area (Å²) in [7, 11) is 1.48. The van der Waals surface area contributed by atoms with E-state index in [0.717, 1.165) is 18.4 Å². The van der Waals surface area contributed by atoms with Crippen molar-refractivity contribution in [1.29, 1.82) is 0 Å². The monoisotopic (exact) mass is 416 g/mol. The number of nitrogens with two attached hydrogens (primary N) is 1. The predicted molar refractivity (Wildman–Crippen MR) is 111 cm³/mol. The molecule has 7 nitrogen and oxygen atoms in total. The molecule has 0 spiro atoms. The van der Waals surface area contributed by atoms with E-state index in [1.165, 1.54) is 25.3 Å². The molecule has 0 saturated heterocycles. The maximum Gasteiger partial charge on any atom is 0.255 e. The summed E-state index contributed by atoms with van der Waals surface area (Å²) in [5.41, 5.74) is 5.80. The average molecular weight is 416 g/mol. The summed E-state index contributed by atoms with van der Waals surface area (Å²) in [6.45, 7) is 0.753. The molecule has 30 heavy (non-hydrogen) atoms. The lowest BCUT2D eigenvalue weighted by Gasteiger charge is -2.10. The third-order valence-electron chi connectivity index (χ3n) is 3.94. The van der Waals surface area contributed by atoms with Crippen LogP contribution in [0.4, 0.5) is 4.39 Å². The lowest BCUT2D eigenvalue weighted by atomic mass is 10.2. The highest BCUT2D eigenvalue weighted by atomic mass is 19.1. The largest absolute Gasteiger partial charge is 0.494 e. The molecule has 8 heteroatoms. The van der Waals surface area contributed by atoms with Gasteiger partial charge in [0, 0.05) is 12.6 Å². The predicted octanol–water partition coefficient (Wildman–Crippen LogP) is 2.69. The number of hydrogen-bond donors (Lipinski definition) is 2. The molecule has 0 unspecified atom stereocenters. The van der Waals surface area contributed by atoms with Gasteiger partial charge in [0.15, 0.2) is 18.1 Å². The Kier molecular flexibility index (Phi) is 9.18. The third-order valence-corrected chi connectivity index (χ3v) is 3.94. The Labute approximate surface area is 174 Å². The summed E-state index contributed by atoms with van der Waals surface area (Å²) >= 11 is 0. The van der Waals surface area contributed by atoms with Gasteiger partial charge in [0.1, 0.15) is 11.6 Å². The number of primary amides is 1. The minimum absolute atomic E-state index is 0.220. The van der Waals surface area contributed by atoms with Crippen molar-refractivity contribution in [3.63, 3.8) is 0 Å². The van der Waals surface area contributed by atoms with Gasteiger partial charge in [-0.1, -0.05) is 6.07 Å². The lowest BCUT2D eigenvalue weighted by Crippen LogP contribution is -2.22. The summed E-state index contributed by atoms with van der Waals surface area (Å²) < 4.78 is 28.8. The van der Waals surface area contributed by atoms with Crippen molar-refractivity contribution in [3.05, 3.63) is 59.9 Å². The lowest BCUT2D eigenvalue weighted by molar-refractivity contribution is -0.120. The van der Waals surface area contributed by atoms with Crippen molar-refractivity contribution in [2.24, 2.45) is 5.73 Å². The van der Waals surface area contributed by atoms with Crippen LogP contribution in [0.5, 0.6) is 17.2 Å². The minimum atomic E-state index is -0.584. The third kappa shape index (κ3) is 8.22. The van der Waals surface area contributed by atoms with E-state index in [0.29, 0.717) is 30.4 Å². The van der Waals surface area contributed by atoms with Crippen LogP contribution < -0.4 is 25.3 Å². The first-order chi connectivity index (χ1) is 14.5. The molecule has 0 aliphatic carbocycles. The van der Waals surface area contributed by atoms with Gasteiger partial charge in [-0.05, 0) is 60.9 Å². The van der Waals surface area contributed by atoms with E-state index in [1.807, 2.05) is 0 Å². The number of carbonyl (C=O) groups excluding carboxylic acids is 2. The van der Waals surface area contributed by atoms with Gasteiger partial charge in [0.25, 0.3) is 5.91 Å². The molecule has 2 amide bonds. The van der Waals surface area contributed by atoms with E-state index in [-0.39, 0.29) is 18.3 Å². The fourth-order valence-corrected chi connectivity index (χ4v) is 2.45. The van der Waals surface area contributed by atoms with Crippen molar-refractivity contribution in [2.75, 3.05) is 26.9 Å². The van der Waals surface area contributed by atoms with Crippen LogP contribution >= 0.6 is 0 Å². The molecule has 0 radical (unpaired) electrons. The zero-order chi connectivity index (χ0) is 21.8. The summed E-state index contributed by atoms with van der Waals surface area (Å²) in [6.07, 6.45) is 4.58. The summed E-state index contributed by atoms with van der Waals surface area (Å²) in [5.74, 6) is 0.330. The summed E-state index contributed by atoms with van der Waals surface area (Å²) in [4.78, 5) is 22.7. The van der Waals surface area contributed by atoms with Crippen LogP contribution in [0, 0.1) is 5.82 Å². The van der Waals surface area contributed by atoms with Crippen molar-refractivity contribution >= 4 is 17.9 Å². The average Bonchev–Trinajstić information content (AvgIpc) is 2.74. The number of methoxy groups -OCH3 is 1. The first-order valence-electron chi connectivity index (χ1n) is 9.41. The minimum Gasteiger partial charge on any atom is -0.494 e. The highest BCUT2D eigenvalue weighted by Gasteiger charge is 2.06. The molecule has 160 valence electrons. The van der Waals surface area contributed by atoms with E-state index >= 15 is 0 Å². The van der Waals surface area contributed by atoms with Crippen LogP contribution in [0.1, 0.15) is 18.4 Å². The first kappa shape index (κ1) is 22.7. The quantitative estimate of drug-likeness (QED) is 0.409. The molecular weight excluding hydrogens is 391 g/mol. The fraction of sp³-hybridized carbons (Fsp3) is 0.273. The maximum atomic E-state index is 12.8. The molecule has 0 aliphatic heterocycles. The Bertz CT molecular complexity index is 868. The van der Waals surface area contributed by atoms with Gasteiger partial charge in [0.2, 0.25) is 5.91 Å². The molecule has 0 heterocycles. The van der Waals surface area contributed by atoms with Gasteiger partial charge in [0.05, 0.1) is 13.7 Å². The van der Waals surface area contributed by atoms with Crippen LogP contribution in [0.25, 0.3) is 6.08 Å². The van der Waals surface area contributed by atoms with Crippen LogP contribution in [0.15, 0.2) is 48.5 Å². The summed E-state index contributed by atoms with van der Waals surface area (Å²) in [6, 6.07) is 10.9. The van der Waals surface area contributed by atoms with Crippen LogP contribution in [0.3, 0.4) is 0 Å². The number of nitrogens with one attached hydrogen (secondary N) is 1. The zero-order valence-corrected chi connectivity index (χ0v) is 16.7. The molecule has 0 fully saturated rings. The SMILES string of the molecule is COc1cc(/C=C/C(=O)NCCCCOc2ccc(F)cc2)ccc1OCC(N)=O. The molecular formula is C22H25FN2O5. The number of ether oxygens (including phenoxy) is 3. The Hall–Kier alpha value is -3.55. The molecule has 3 N–H and O–H groups in total. The van der Waals surface area contributed by atoms with Crippen molar-refractivity contribution in [3.8, 4) is 17.2 Å². The van der Waals surface area contributed by atoms with Crippen molar-refractivity contribution < 1.29 is 28.2 Å². The first-order valence-corrected chi connectivity index (χ1v) is 9.41. The highest BCUT2D eigenvalue weighted by molar-refractivity contribution is 5.91. The number of hydrogen-bond acceptors (Lipinski definition) is 5. The number of unbranched alkanes of at least 4 members (excludes halogenated alkanes) is 1. The number of carbonyl (C=O) groups is 2. The molecule has 2 aromatic rings. The van der Waals surface area contributed by atoms with Gasteiger partial charge < -0.3 is 25.3 Å². The number of amides is 2. The maximum absolute atomic E-state index is 12.8. The number of halogens is 1. The molecule has 2 aromatic carbocycles. The van der Waals surface area contributed by atoms with E-state index in [4.69, 9.17) is 19.9 Å². The molecule has 0 bridgehead atoms. The Morgan fingerprint density at radius 2 is 1.83 bits per heavy atom. The van der Waals surface area contributed by atoms with E-state index < -0.39 is 5.91 Å². The van der Waals surface area contributed by atoms with Crippen LogP contribution in [0.2, 0.25) is 0 Å². The summed E-state index contributed by atoms with van der Waals surface area (Å²) in [5, 5.41) is 2.79. The molecule has 0 aromatic heterocycles. The van der Waals surface area contributed by atoms with Gasteiger partial charge >= 0.3 is 0 Å². The zero-order valence-electron chi connectivity index (χ0n) is 16.7. The topological polar surface area (TPSA) is 99.9 Å². The Balaban J connectivity index is 1.69. The molecule has 0 saturated carbocycles. The van der Waals surface area contributed by atoms with E-state index in [1.54, 1.807) is 36.4 Å². The smallest absolute Gasteiger partial charge is 0.255 e. The second-order valence-electron chi connectivity index (χ2n) is 6.30. The van der Waals surface area contributed by atoms with Gasteiger partial charge in [-0.25, -0.2) is 4.39 Å². The Morgan fingerprint density at radius 3 is 2.53 bits per heavy atom. The molecule has 0 atom stereocenters. The van der Waals surface area contributed by atoms with Crippen LogP contribution in [-0.2, 0) is 9.59 Å². The molecule has 2 rings (SSSR count). The normalized spacial score (nSPS) is 10.6. The Morgan fingerprint density at radius 1 is 1.07 bits per heavy atom. The van der Waals surface area contributed by atoms with E-state index in [2.05, 4.69) is 5.32 Å². The number of benzene rings is 2. The van der Waals surface area contributed by atoms with E-state index in [9.17, 15) is 14.0 Å². The second-order valence-corrected chi connectivity index (χ2v) is 6.30. The van der Waals surface area contributed by atoms with Crippen molar-refractivity contribution in [1.82, 2.24) is 5.32 Å². The van der Waals surface area contributed by atoms with Crippen LogP contribution in [-0.4, -0.2) is 38.7 Å². The molecule has 0 aliphatic rings. The van der Waals surface area contributed by atoms with Gasteiger partial charge in [-0.15, -0.1) is 0 Å². The number of rotatable bonds is 12. The standard InChI is InChI=1S/C22H25FN2O5/c1-28-20-14-16(4-10-19(20)30-15-21(24)26)5-11-22(27)25-12-2-3-13-29-18-8-6-17(23)7-9-18/h4-11,14H,2-3,12-13,15H2,1H3,(H2,24,26)(H,25,27)/b11-5+. The van der Waals surface area contributed by atoms with Crippen molar-refractivity contribution in [2.45, 2.75) is 12.8 Å². The highest BCUT2D eigenvalue weighted by Crippen LogP contribution is 2.28. The van der Waals surface area contributed by atoms with Gasteiger partial charge in [-0.2, -0.15) is 0 Å².